The van der Waals surface area contributed by atoms with E-state index in [2.05, 4.69) is 4.74 Å². The van der Waals surface area contributed by atoms with Crippen molar-refractivity contribution < 1.29 is 19.1 Å². The van der Waals surface area contributed by atoms with Gasteiger partial charge in [-0.3, -0.25) is 9.59 Å². The van der Waals surface area contributed by atoms with E-state index >= 15 is 0 Å². The van der Waals surface area contributed by atoms with Crippen LogP contribution in [0.3, 0.4) is 0 Å². The summed E-state index contributed by atoms with van der Waals surface area (Å²) < 4.78 is 9.42. The van der Waals surface area contributed by atoms with Gasteiger partial charge in [0.25, 0.3) is 0 Å². The largest absolute Gasteiger partial charge is 0.461 e. The molecule has 4 nitrogen and oxygen atoms in total. The van der Waals surface area contributed by atoms with Crippen molar-refractivity contribution in [1.82, 2.24) is 0 Å². The molecule has 0 aliphatic heterocycles. The number of carbonyl (C=O) groups excluding carboxylic acids is 2. The minimum atomic E-state index is -0.567. The second-order valence-electron chi connectivity index (χ2n) is 2.30. The van der Waals surface area contributed by atoms with E-state index in [4.69, 9.17) is 16.3 Å². The Kier molecular flexibility index (Phi) is 6.32. The Morgan fingerprint density at radius 1 is 1.54 bits per heavy atom. The standard InChI is InChI=1S/C8H12ClO4/c1-3-8(11)12-5-7(4-9)13-6(2)10/h3,7H,4-5H2,1-2H3. The third kappa shape index (κ3) is 6.40. The summed E-state index contributed by atoms with van der Waals surface area (Å²) in [7, 11) is 0. The van der Waals surface area contributed by atoms with Gasteiger partial charge in [-0.05, 0) is 0 Å². The molecule has 0 heterocycles. The van der Waals surface area contributed by atoms with Crippen LogP contribution in [0.25, 0.3) is 0 Å². The third-order valence-electron chi connectivity index (χ3n) is 1.15. The highest BCUT2D eigenvalue weighted by atomic mass is 35.5. The number of esters is 2. The van der Waals surface area contributed by atoms with Crippen molar-refractivity contribution >= 4 is 23.5 Å². The summed E-state index contributed by atoms with van der Waals surface area (Å²) in [5, 5.41) is 0. The highest BCUT2D eigenvalue weighted by Crippen LogP contribution is 1.98. The van der Waals surface area contributed by atoms with Crippen LogP contribution in [-0.4, -0.2) is 30.5 Å². The van der Waals surface area contributed by atoms with Crippen LogP contribution in [-0.2, 0) is 19.1 Å². The minimum Gasteiger partial charge on any atom is -0.461 e. The highest BCUT2D eigenvalue weighted by molar-refractivity contribution is 6.18. The lowest BCUT2D eigenvalue weighted by Gasteiger charge is -2.13. The number of alkyl halides is 1. The lowest BCUT2D eigenvalue weighted by Crippen LogP contribution is -2.25. The lowest BCUT2D eigenvalue weighted by molar-refractivity contribution is -0.154. The molecule has 0 rings (SSSR count). The van der Waals surface area contributed by atoms with E-state index in [1.54, 1.807) is 6.92 Å². The predicted molar refractivity (Wildman–Crippen MR) is 47.2 cm³/mol. The van der Waals surface area contributed by atoms with E-state index in [0.717, 1.165) is 0 Å². The molecule has 1 unspecified atom stereocenters. The van der Waals surface area contributed by atoms with Crippen LogP contribution in [0.5, 0.6) is 0 Å². The number of ether oxygens (including phenoxy) is 2. The van der Waals surface area contributed by atoms with Crippen molar-refractivity contribution in [3.8, 4) is 0 Å². The van der Waals surface area contributed by atoms with Crippen molar-refractivity contribution in [2.24, 2.45) is 0 Å². The van der Waals surface area contributed by atoms with E-state index in [1.807, 2.05) is 0 Å². The molecule has 0 aromatic heterocycles. The fourth-order valence-corrected chi connectivity index (χ4v) is 0.755. The fraction of sp³-hybridized carbons (Fsp3) is 0.625. The Morgan fingerprint density at radius 2 is 2.15 bits per heavy atom. The van der Waals surface area contributed by atoms with E-state index < -0.39 is 18.0 Å². The zero-order chi connectivity index (χ0) is 10.3. The molecule has 0 N–H and O–H groups in total. The Balaban J connectivity index is 3.71. The number of carbonyl (C=O) groups is 2. The fourth-order valence-electron chi connectivity index (χ4n) is 0.603. The Bertz CT molecular complexity index is 181. The molecule has 0 bridgehead atoms. The summed E-state index contributed by atoms with van der Waals surface area (Å²) in [6.45, 7) is 2.82. The van der Waals surface area contributed by atoms with Crippen molar-refractivity contribution in [3.63, 3.8) is 0 Å². The van der Waals surface area contributed by atoms with E-state index in [0.29, 0.717) is 0 Å². The molecule has 75 valence electrons. The van der Waals surface area contributed by atoms with E-state index in [9.17, 15) is 9.59 Å². The van der Waals surface area contributed by atoms with Crippen LogP contribution < -0.4 is 0 Å². The normalized spacial score (nSPS) is 11.9. The van der Waals surface area contributed by atoms with Gasteiger partial charge in [-0.2, -0.15) is 0 Å². The summed E-state index contributed by atoms with van der Waals surface area (Å²) in [5.74, 6) is -0.791. The molecular formula is C8H12ClO4. The minimum absolute atomic E-state index is 0.00769. The van der Waals surface area contributed by atoms with Gasteiger partial charge in [-0.15, -0.1) is 11.6 Å². The summed E-state index contributed by atoms with van der Waals surface area (Å²) >= 11 is 5.46. The van der Waals surface area contributed by atoms with Crippen molar-refractivity contribution in [3.05, 3.63) is 6.42 Å². The van der Waals surface area contributed by atoms with Gasteiger partial charge >= 0.3 is 11.9 Å². The first-order valence-corrected chi connectivity index (χ1v) is 4.33. The van der Waals surface area contributed by atoms with E-state index in [-0.39, 0.29) is 12.5 Å². The molecule has 5 heteroatoms. The molecule has 0 fully saturated rings. The molecule has 0 aromatic rings. The number of hydrogen-bond donors (Lipinski definition) is 0. The van der Waals surface area contributed by atoms with Crippen molar-refractivity contribution in [2.45, 2.75) is 20.0 Å². The molecule has 1 radical (unpaired) electrons. The molecular weight excluding hydrogens is 196 g/mol. The number of rotatable bonds is 5. The zero-order valence-electron chi connectivity index (χ0n) is 7.58. The SMILES string of the molecule is C[CH]C(=O)OCC(CCl)OC(C)=O. The first kappa shape index (κ1) is 12.2. The summed E-state index contributed by atoms with van der Waals surface area (Å²) in [4.78, 5) is 21.2. The van der Waals surface area contributed by atoms with Gasteiger partial charge in [-0.1, -0.05) is 6.92 Å². The van der Waals surface area contributed by atoms with Crippen molar-refractivity contribution in [1.29, 1.82) is 0 Å². The molecule has 0 amide bonds. The summed E-state index contributed by atoms with van der Waals surface area (Å²) in [6, 6.07) is 0. The Hall–Kier alpha value is -0.770. The van der Waals surface area contributed by atoms with Crippen LogP contribution >= 0.6 is 11.6 Å². The van der Waals surface area contributed by atoms with Gasteiger partial charge in [0.05, 0.1) is 12.3 Å². The average molecular weight is 208 g/mol. The molecule has 1 atom stereocenters. The van der Waals surface area contributed by atoms with Gasteiger partial charge in [0.2, 0.25) is 0 Å². The predicted octanol–water partition coefficient (Wildman–Crippen LogP) is 0.924. The van der Waals surface area contributed by atoms with Gasteiger partial charge in [0, 0.05) is 6.92 Å². The second-order valence-corrected chi connectivity index (χ2v) is 2.61. The number of halogens is 1. The quantitative estimate of drug-likeness (QED) is 0.497. The topological polar surface area (TPSA) is 52.6 Å². The molecule has 0 aliphatic rings. The third-order valence-corrected chi connectivity index (χ3v) is 1.50. The van der Waals surface area contributed by atoms with Crippen LogP contribution in [0, 0.1) is 6.42 Å². The first-order valence-electron chi connectivity index (χ1n) is 3.79. The van der Waals surface area contributed by atoms with Gasteiger partial charge in [0.1, 0.15) is 12.7 Å². The van der Waals surface area contributed by atoms with E-state index in [1.165, 1.54) is 13.3 Å². The van der Waals surface area contributed by atoms with Gasteiger partial charge in [0.15, 0.2) is 0 Å². The van der Waals surface area contributed by atoms with Crippen LogP contribution in [0.15, 0.2) is 0 Å². The smallest absolute Gasteiger partial charge is 0.309 e. The van der Waals surface area contributed by atoms with Crippen molar-refractivity contribution in [2.75, 3.05) is 12.5 Å². The summed E-state index contributed by atoms with van der Waals surface area (Å²) in [5.41, 5.74) is 0. The molecule has 13 heavy (non-hydrogen) atoms. The summed E-state index contributed by atoms with van der Waals surface area (Å²) in [6.07, 6.45) is 0.710. The monoisotopic (exact) mass is 207 g/mol. The molecule has 0 saturated carbocycles. The lowest BCUT2D eigenvalue weighted by atomic mass is 10.4. The second kappa shape index (κ2) is 6.71. The molecule has 0 aliphatic carbocycles. The number of hydrogen-bond acceptors (Lipinski definition) is 4. The molecule has 0 aromatic carbocycles. The van der Waals surface area contributed by atoms with Gasteiger partial charge < -0.3 is 9.47 Å². The van der Waals surface area contributed by atoms with Gasteiger partial charge in [-0.25, -0.2) is 0 Å². The maximum atomic E-state index is 10.7. The maximum Gasteiger partial charge on any atom is 0.309 e. The average Bonchev–Trinajstić information content (AvgIpc) is 2.10. The van der Waals surface area contributed by atoms with Crippen LogP contribution in [0.1, 0.15) is 13.8 Å². The van der Waals surface area contributed by atoms with Crippen LogP contribution in [0.4, 0.5) is 0 Å². The Morgan fingerprint density at radius 3 is 2.54 bits per heavy atom. The first-order chi connectivity index (χ1) is 6.10. The molecule has 0 saturated heterocycles. The highest BCUT2D eigenvalue weighted by Gasteiger charge is 2.12. The molecule has 0 spiro atoms. The Labute approximate surface area is 82.1 Å². The zero-order valence-corrected chi connectivity index (χ0v) is 8.34. The maximum absolute atomic E-state index is 10.7. The van der Waals surface area contributed by atoms with Crippen LogP contribution in [0.2, 0.25) is 0 Å².